The summed E-state index contributed by atoms with van der Waals surface area (Å²) in [6.45, 7) is 9.92. The van der Waals surface area contributed by atoms with Gasteiger partial charge in [0.05, 0.1) is 5.41 Å². The van der Waals surface area contributed by atoms with Crippen LogP contribution in [-0.2, 0) is 9.53 Å². The Hall–Kier alpha value is -0.610. The second kappa shape index (κ2) is 11.1. The van der Waals surface area contributed by atoms with Gasteiger partial charge in [0.1, 0.15) is 0 Å². The van der Waals surface area contributed by atoms with Crippen molar-refractivity contribution in [1.82, 2.24) is 6.15 Å². The van der Waals surface area contributed by atoms with Crippen molar-refractivity contribution in [3.8, 4) is 0 Å². The average Bonchev–Trinajstić information content (AvgIpc) is 2.37. The lowest BCUT2D eigenvalue weighted by Crippen LogP contribution is -2.35. The first-order chi connectivity index (χ1) is 8.86. The standard InChI is InChI=1S/C16H32O3.H3N/c1-6-8-9-10-11-12-13(3)16(4,5)15(18)19-14(17)7-2;/h13-14,17H,6-12H2,1-5H3;1H3. The lowest BCUT2D eigenvalue weighted by molar-refractivity contribution is -0.181. The van der Waals surface area contributed by atoms with Gasteiger partial charge in [0.2, 0.25) is 0 Å². The number of unbranched alkanes of at least 4 members (excludes halogenated alkanes) is 4. The molecule has 0 saturated carbocycles. The van der Waals surface area contributed by atoms with E-state index < -0.39 is 11.7 Å². The molecule has 122 valence electrons. The van der Waals surface area contributed by atoms with E-state index in [9.17, 15) is 9.90 Å². The third-order valence-corrected chi connectivity index (χ3v) is 4.09. The Balaban J connectivity index is 0. The minimum absolute atomic E-state index is 0. The molecule has 0 aromatic rings. The van der Waals surface area contributed by atoms with Crippen LogP contribution >= 0.6 is 0 Å². The molecular weight excluding hydrogens is 254 g/mol. The fourth-order valence-electron chi connectivity index (χ4n) is 1.97. The van der Waals surface area contributed by atoms with E-state index in [0.717, 1.165) is 12.8 Å². The molecule has 4 nitrogen and oxygen atoms in total. The van der Waals surface area contributed by atoms with Crippen molar-refractivity contribution < 1.29 is 14.6 Å². The summed E-state index contributed by atoms with van der Waals surface area (Å²) < 4.78 is 5.05. The Morgan fingerprint density at radius 3 is 2.20 bits per heavy atom. The number of hydrogen-bond acceptors (Lipinski definition) is 4. The number of aliphatic hydroxyl groups is 1. The van der Waals surface area contributed by atoms with E-state index in [1.807, 2.05) is 13.8 Å². The zero-order chi connectivity index (χ0) is 14.9. The SMILES string of the molecule is CCCCCCCC(C)C(C)(C)C(=O)OC(O)CC.N. The van der Waals surface area contributed by atoms with Gasteiger partial charge in [-0.2, -0.15) is 0 Å². The van der Waals surface area contributed by atoms with Crippen LogP contribution in [0.1, 0.15) is 79.6 Å². The molecule has 0 aliphatic heterocycles. The van der Waals surface area contributed by atoms with Crippen molar-refractivity contribution in [3.63, 3.8) is 0 Å². The van der Waals surface area contributed by atoms with E-state index in [1.54, 1.807) is 6.92 Å². The number of ether oxygens (including phenoxy) is 1. The first-order valence-corrected chi connectivity index (χ1v) is 7.75. The molecule has 20 heavy (non-hydrogen) atoms. The van der Waals surface area contributed by atoms with Gasteiger partial charge in [-0.05, 0) is 26.2 Å². The van der Waals surface area contributed by atoms with Crippen LogP contribution in [0.3, 0.4) is 0 Å². The summed E-state index contributed by atoms with van der Waals surface area (Å²) in [5.41, 5.74) is -0.527. The molecule has 0 spiro atoms. The lowest BCUT2D eigenvalue weighted by Gasteiger charge is -2.30. The van der Waals surface area contributed by atoms with Crippen molar-refractivity contribution in [3.05, 3.63) is 0 Å². The van der Waals surface area contributed by atoms with Gasteiger partial charge in [0.25, 0.3) is 0 Å². The number of rotatable bonds is 10. The van der Waals surface area contributed by atoms with Gasteiger partial charge in [-0.15, -0.1) is 0 Å². The van der Waals surface area contributed by atoms with Gasteiger partial charge < -0.3 is 16.0 Å². The molecule has 2 unspecified atom stereocenters. The van der Waals surface area contributed by atoms with Crippen LogP contribution in [0.5, 0.6) is 0 Å². The van der Waals surface area contributed by atoms with Crippen molar-refractivity contribution in [1.29, 1.82) is 0 Å². The Bertz CT molecular complexity index is 254. The van der Waals surface area contributed by atoms with E-state index in [4.69, 9.17) is 4.74 Å². The maximum absolute atomic E-state index is 12.0. The van der Waals surface area contributed by atoms with Crippen LogP contribution < -0.4 is 6.15 Å². The van der Waals surface area contributed by atoms with Crippen molar-refractivity contribution >= 4 is 5.97 Å². The molecule has 0 aliphatic rings. The van der Waals surface area contributed by atoms with Crippen molar-refractivity contribution in [2.24, 2.45) is 11.3 Å². The molecule has 0 aliphatic carbocycles. The first kappa shape index (κ1) is 21.7. The maximum Gasteiger partial charge on any atom is 0.314 e. The fourth-order valence-corrected chi connectivity index (χ4v) is 1.97. The second-order valence-electron chi connectivity index (χ2n) is 6.09. The Morgan fingerprint density at radius 2 is 1.70 bits per heavy atom. The smallest absolute Gasteiger partial charge is 0.314 e. The molecule has 0 rings (SSSR count). The van der Waals surface area contributed by atoms with Crippen LogP contribution in [0.2, 0.25) is 0 Å². The minimum atomic E-state index is -0.969. The normalized spacial score (nSPS) is 14.3. The lowest BCUT2D eigenvalue weighted by atomic mass is 9.77. The van der Waals surface area contributed by atoms with E-state index >= 15 is 0 Å². The zero-order valence-corrected chi connectivity index (χ0v) is 14.1. The molecule has 0 aromatic carbocycles. The molecular formula is C16H35NO3. The predicted octanol–water partition coefficient (Wildman–Crippen LogP) is 4.44. The molecule has 4 heteroatoms. The van der Waals surface area contributed by atoms with Crippen LogP contribution in [0, 0.1) is 11.3 Å². The predicted molar refractivity (Wildman–Crippen MR) is 83.7 cm³/mol. The molecule has 4 N–H and O–H groups in total. The maximum atomic E-state index is 12.0. The molecule has 0 fully saturated rings. The fraction of sp³-hybridized carbons (Fsp3) is 0.938. The third-order valence-electron chi connectivity index (χ3n) is 4.09. The van der Waals surface area contributed by atoms with Crippen LogP contribution in [0.15, 0.2) is 0 Å². The van der Waals surface area contributed by atoms with Gasteiger partial charge in [-0.3, -0.25) is 4.79 Å². The summed E-state index contributed by atoms with van der Waals surface area (Å²) in [5, 5.41) is 9.40. The molecule has 0 amide bonds. The highest BCUT2D eigenvalue weighted by atomic mass is 16.6. The zero-order valence-electron chi connectivity index (χ0n) is 14.1. The number of hydrogen-bond donors (Lipinski definition) is 2. The largest absolute Gasteiger partial charge is 0.436 e. The molecule has 2 atom stereocenters. The average molecular weight is 289 g/mol. The number of carbonyl (C=O) groups is 1. The van der Waals surface area contributed by atoms with Gasteiger partial charge in [-0.25, -0.2) is 0 Å². The molecule has 0 bridgehead atoms. The minimum Gasteiger partial charge on any atom is -0.436 e. The number of carbonyl (C=O) groups excluding carboxylic acids is 1. The van der Waals surface area contributed by atoms with Crippen LogP contribution in [0.4, 0.5) is 0 Å². The number of aliphatic hydroxyl groups excluding tert-OH is 1. The Morgan fingerprint density at radius 1 is 1.15 bits per heavy atom. The molecule has 0 saturated heterocycles. The van der Waals surface area contributed by atoms with Gasteiger partial charge >= 0.3 is 5.97 Å². The number of esters is 1. The summed E-state index contributed by atoms with van der Waals surface area (Å²) in [6, 6.07) is 0. The first-order valence-electron chi connectivity index (χ1n) is 7.75. The third kappa shape index (κ3) is 7.85. The summed E-state index contributed by atoms with van der Waals surface area (Å²) in [6.07, 6.45) is 6.73. The van der Waals surface area contributed by atoms with E-state index in [-0.39, 0.29) is 18.0 Å². The van der Waals surface area contributed by atoms with Crippen molar-refractivity contribution in [2.75, 3.05) is 0 Å². The topological polar surface area (TPSA) is 81.5 Å². The second-order valence-corrected chi connectivity index (χ2v) is 6.09. The van der Waals surface area contributed by atoms with E-state index in [1.165, 1.54) is 25.7 Å². The summed E-state index contributed by atoms with van der Waals surface area (Å²) in [5.74, 6) is -0.0198. The highest BCUT2D eigenvalue weighted by molar-refractivity contribution is 5.76. The summed E-state index contributed by atoms with van der Waals surface area (Å²) in [4.78, 5) is 12.0. The molecule has 0 aromatic heterocycles. The summed E-state index contributed by atoms with van der Waals surface area (Å²) >= 11 is 0. The quantitative estimate of drug-likeness (QED) is 0.354. The highest BCUT2D eigenvalue weighted by Crippen LogP contribution is 2.32. The molecule has 0 heterocycles. The highest BCUT2D eigenvalue weighted by Gasteiger charge is 2.36. The van der Waals surface area contributed by atoms with Gasteiger partial charge in [0, 0.05) is 6.42 Å². The Kier molecular flexibility index (Phi) is 12.0. The summed E-state index contributed by atoms with van der Waals surface area (Å²) in [7, 11) is 0. The van der Waals surface area contributed by atoms with Gasteiger partial charge in [-0.1, -0.05) is 52.9 Å². The van der Waals surface area contributed by atoms with Crippen LogP contribution in [0.25, 0.3) is 0 Å². The van der Waals surface area contributed by atoms with Crippen molar-refractivity contribution in [2.45, 2.75) is 85.9 Å². The Labute approximate surface area is 124 Å². The van der Waals surface area contributed by atoms with E-state index in [2.05, 4.69) is 13.8 Å². The molecule has 0 radical (unpaired) electrons. The monoisotopic (exact) mass is 289 g/mol. The van der Waals surface area contributed by atoms with E-state index in [0.29, 0.717) is 6.42 Å². The van der Waals surface area contributed by atoms with Gasteiger partial charge in [0.15, 0.2) is 6.29 Å². The van der Waals surface area contributed by atoms with Crippen LogP contribution in [-0.4, -0.2) is 17.4 Å².